The van der Waals surface area contributed by atoms with E-state index in [9.17, 15) is 13.2 Å². The van der Waals surface area contributed by atoms with Crippen molar-refractivity contribution in [3.05, 3.63) is 59.1 Å². The molecule has 1 heterocycles. The Balaban J connectivity index is 1.67. The summed E-state index contributed by atoms with van der Waals surface area (Å²) in [6.07, 6.45) is 3.28. The predicted octanol–water partition coefficient (Wildman–Crippen LogP) is 4.08. The number of aryl methyl sites for hydroxylation is 1. The van der Waals surface area contributed by atoms with E-state index >= 15 is 0 Å². The predicted molar refractivity (Wildman–Crippen MR) is 130 cm³/mol. The minimum Gasteiger partial charge on any atom is -0.354 e. The van der Waals surface area contributed by atoms with Crippen molar-refractivity contribution < 1.29 is 13.2 Å². The van der Waals surface area contributed by atoms with Gasteiger partial charge in [0.05, 0.1) is 10.6 Å². The average molecular weight is 478 g/mol. The normalized spacial score (nSPS) is 15.5. The molecule has 32 heavy (non-hydrogen) atoms. The molecule has 1 aliphatic rings. The fourth-order valence-corrected chi connectivity index (χ4v) is 5.65. The summed E-state index contributed by atoms with van der Waals surface area (Å²) in [4.78, 5) is 15.3. The molecule has 6 nitrogen and oxygen atoms in total. The number of benzene rings is 2. The molecule has 0 unspecified atom stereocenters. The molecule has 2 aromatic rings. The van der Waals surface area contributed by atoms with Gasteiger partial charge in [-0.25, -0.2) is 8.42 Å². The van der Waals surface area contributed by atoms with Crippen LogP contribution in [0.2, 0.25) is 5.02 Å². The first kappa shape index (κ1) is 24.6. The molecule has 174 valence electrons. The van der Waals surface area contributed by atoms with Crippen molar-refractivity contribution in [2.45, 2.75) is 38.0 Å². The average Bonchev–Trinajstić information content (AvgIpc) is 2.77. The number of likely N-dealkylation sites (tertiary alicyclic amines) is 1. The Morgan fingerprint density at radius 3 is 2.50 bits per heavy atom. The van der Waals surface area contributed by atoms with Crippen molar-refractivity contribution in [3.8, 4) is 0 Å². The number of amides is 1. The summed E-state index contributed by atoms with van der Waals surface area (Å²) < 4.78 is 27.9. The fraction of sp³-hybridized carbons (Fsp3) is 0.458. The van der Waals surface area contributed by atoms with Gasteiger partial charge >= 0.3 is 0 Å². The Labute approximate surface area is 196 Å². The second-order valence-electron chi connectivity index (χ2n) is 8.48. The maximum absolute atomic E-state index is 13.4. The Bertz CT molecular complexity index is 1010. The van der Waals surface area contributed by atoms with E-state index in [0.717, 1.165) is 36.3 Å². The van der Waals surface area contributed by atoms with Gasteiger partial charge in [-0.15, -0.1) is 0 Å². The monoisotopic (exact) mass is 477 g/mol. The van der Waals surface area contributed by atoms with Gasteiger partial charge in [0.1, 0.15) is 6.54 Å². The van der Waals surface area contributed by atoms with Crippen LogP contribution in [-0.4, -0.2) is 51.9 Å². The van der Waals surface area contributed by atoms with Crippen molar-refractivity contribution in [2.75, 3.05) is 37.0 Å². The van der Waals surface area contributed by atoms with Crippen LogP contribution in [-0.2, 0) is 14.8 Å². The van der Waals surface area contributed by atoms with Gasteiger partial charge in [-0.2, -0.15) is 0 Å². The van der Waals surface area contributed by atoms with Crippen LogP contribution >= 0.6 is 11.6 Å². The van der Waals surface area contributed by atoms with Crippen LogP contribution in [0.4, 0.5) is 5.69 Å². The Hall–Kier alpha value is -2.09. The highest BCUT2D eigenvalue weighted by Crippen LogP contribution is 2.28. The van der Waals surface area contributed by atoms with Gasteiger partial charge in [0, 0.05) is 11.6 Å². The molecule has 0 aromatic heterocycles. The van der Waals surface area contributed by atoms with Gasteiger partial charge in [-0.1, -0.05) is 36.7 Å². The molecule has 1 amide bonds. The summed E-state index contributed by atoms with van der Waals surface area (Å²) in [6.45, 7) is 7.45. The zero-order valence-electron chi connectivity index (χ0n) is 18.8. The Kier molecular flexibility index (Phi) is 8.57. The number of piperidine rings is 1. The van der Waals surface area contributed by atoms with E-state index in [2.05, 4.69) is 17.1 Å². The Morgan fingerprint density at radius 1 is 1.16 bits per heavy atom. The minimum absolute atomic E-state index is 0.140. The molecule has 0 bridgehead atoms. The standard InChI is InChI=1S/C24H32ClN3O3S/c1-19-11-15-27(16-12-19)14-6-13-26-24(29)18-28(23-10-9-21(25)17-20(23)2)32(30,31)22-7-4-3-5-8-22/h3-5,7-10,17,19H,6,11-16,18H2,1-2H3,(H,26,29). The van der Waals surface area contributed by atoms with E-state index in [1.165, 1.54) is 25.0 Å². The minimum atomic E-state index is -3.92. The highest BCUT2D eigenvalue weighted by Gasteiger charge is 2.28. The van der Waals surface area contributed by atoms with E-state index in [1.807, 2.05) is 0 Å². The third kappa shape index (κ3) is 6.47. The first-order valence-electron chi connectivity index (χ1n) is 11.1. The summed E-state index contributed by atoms with van der Waals surface area (Å²) in [5.74, 6) is 0.464. The van der Waals surface area contributed by atoms with Gasteiger partial charge < -0.3 is 10.2 Å². The van der Waals surface area contributed by atoms with Crippen LogP contribution in [0.1, 0.15) is 31.7 Å². The first-order chi connectivity index (χ1) is 15.3. The topological polar surface area (TPSA) is 69.7 Å². The van der Waals surface area contributed by atoms with Crippen molar-refractivity contribution in [3.63, 3.8) is 0 Å². The fourth-order valence-electron chi connectivity index (χ4n) is 3.92. The lowest BCUT2D eigenvalue weighted by molar-refractivity contribution is -0.119. The van der Waals surface area contributed by atoms with Crippen molar-refractivity contribution in [1.82, 2.24) is 10.2 Å². The number of halogens is 1. The van der Waals surface area contributed by atoms with Gasteiger partial charge in [0.25, 0.3) is 10.0 Å². The van der Waals surface area contributed by atoms with Crippen LogP contribution < -0.4 is 9.62 Å². The number of carbonyl (C=O) groups excluding carboxylic acids is 1. The smallest absolute Gasteiger partial charge is 0.264 e. The van der Waals surface area contributed by atoms with E-state index in [-0.39, 0.29) is 17.3 Å². The lowest BCUT2D eigenvalue weighted by Gasteiger charge is -2.30. The summed E-state index contributed by atoms with van der Waals surface area (Å²) in [6, 6.07) is 13.1. The maximum Gasteiger partial charge on any atom is 0.264 e. The van der Waals surface area contributed by atoms with Gasteiger partial charge in [0.15, 0.2) is 0 Å². The molecule has 1 aliphatic heterocycles. The molecule has 0 saturated carbocycles. The first-order valence-corrected chi connectivity index (χ1v) is 12.9. The number of carbonyl (C=O) groups is 1. The number of rotatable bonds is 9. The van der Waals surface area contributed by atoms with Gasteiger partial charge in [0.2, 0.25) is 5.91 Å². The van der Waals surface area contributed by atoms with Crippen LogP contribution in [0, 0.1) is 12.8 Å². The molecular weight excluding hydrogens is 446 g/mol. The highest BCUT2D eigenvalue weighted by atomic mass is 35.5. The van der Waals surface area contributed by atoms with Crippen LogP contribution in [0.25, 0.3) is 0 Å². The number of sulfonamides is 1. The summed E-state index contributed by atoms with van der Waals surface area (Å²) >= 11 is 6.06. The molecule has 0 aliphatic carbocycles. The van der Waals surface area contributed by atoms with Gasteiger partial charge in [-0.05, 0) is 87.6 Å². The molecule has 8 heteroatoms. The molecule has 1 saturated heterocycles. The van der Waals surface area contributed by atoms with Crippen molar-refractivity contribution in [2.24, 2.45) is 5.92 Å². The SMILES string of the molecule is Cc1cc(Cl)ccc1N(CC(=O)NCCCN1CCC(C)CC1)S(=O)(=O)c1ccccc1. The third-order valence-electron chi connectivity index (χ3n) is 5.90. The zero-order chi connectivity index (χ0) is 23.1. The maximum atomic E-state index is 13.4. The number of anilines is 1. The molecule has 0 spiro atoms. The molecular formula is C24H32ClN3O3S. The molecule has 0 radical (unpaired) electrons. The van der Waals surface area contributed by atoms with Crippen molar-refractivity contribution in [1.29, 1.82) is 0 Å². The van der Waals surface area contributed by atoms with Crippen LogP contribution in [0.3, 0.4) is 0 Å². The quantitative estimate of drug-likeness (QED) is 0.552. The molecule has 1 fully saturated rings. The molecule has 3 rings (SSSR count). The lowest BCUT2D eigenvalue weighted by Crippen LogP contribution is -2.42. The number of hydrogen-bond acceptors (Lipinski definition) is 4. The van der Waals surface area contributed by atoms with Gasteiger partial charge in [-0.3, -0.25) is 9.10 Å². The molecule has 1 N–H and O–H groups in total. The highest BCUT2D eigenvalue weighted by molar-refractivity contribution is 7.92. The molecule has 2 aromatic carbocycles. The number of nitrogens with zero attached hydrogens (tertiary/aromatic N) is 2. The second-order valence-corrected chi connectivity index (χ2v) is 10.8. The summed E-state index contributed by atoms with van der Waals surface area (Å²) in [7, 11) is -3.92. The summed E-state index contributed by atoms with van der Waals surface area (Å²) in [5, 5.41) is 3.40. The second kappa shape index (κ2) is 11.2. The van der Waals surface area contributed by atoms with Crippen molar-refractivity contribution >= 4 is 33.2 Å². The van der Waals surface area contributed by atoms with E-state index in [0.29, 0.717) is 22.8 Å². The summed E-state index contributed by atoms with van der Waals surface area (Å²) in [5.41, 5.74) is 1.12. The van der Waals surface area contributed by atoms with E-state index in [1.54, 1.807) is 43.3 Å². The van der Waals surface area contributed by atoms with E-state index in [4.69, 9.17) is 11.6 Å². The zero-order valence-corrected chi connectivity index (χ0v) is 20.3. The van der Waals surface area contributed by atoms with Crippen LogP contribution in [0.5, 0.6) is 0 Å². The lowest BCUT2D eigenvalue weighted by atomic mass is 9.99. The van der Waals surface area contributed by atoms with E-state index < -0.39 is 10.0 Å². The molecule has 0 atom stereocenters. The number of nitrogens with one attached hydrogen (secondary N) is 1. The van der Waals surface area contributed by atoms with Crippen LogP contribution in [0.15, 0.2) is 53.4 Å². The third-order valence-corrected chi connectivity index (χ3v) is 7.90. The largest absolute Gasteiger partial charge is 0.354 e. The Morgan fingerprint density at radius 2 is 1.84 bits per heavy atom. The number of hydrogen-bond donors (Lipinski definition) is 1.